The third kappa shape index (κ3) is 3.71. The molecule has 0 aliphatic heterocycles. The molecule has 1 amide bonds. The summed E-state index contributed by atoms with van der Waals surface area (Å²) in [7, 11) is 0. The summed E-state index contributed by atoms with van der Waals surface area (Å²) >= 11 is 0. The van der Waals surface area contributed by atoms with Gasteiger partial charge < -0.3 is 19.6 Å². The average Bonchev–Trinajstić information content (AvgIpc) is 3.26. The normalized spacial score (nSPS) is 12.8. The third-order valence-electron chi connectivity index (χ3n) is 5.05. The number of fused-ring (bicyclic) bond motifs is 2. The second kappa shape index (κ2) is 7.38. The largest absolute Gasteiger partial charge is 0.482 e. The molecule has 2 N–H and O–H groups in total. The molecule has 3 aromatic rings. The van der Waals surface area contributed by atoms with Gasteiger partial charge in [0, 0.05) is 16.6 Å². The van der Waals surface area contributed by atoms with E-state index in [0.717, 1.165) is 34.9 Å². The first kappa shape index (κ1) is 18.1. The summed E-state index contributed by atoms with van der Waals surface area (Å²) in [6, 6.07) is 9.31. The maximum absolute atomic E-state index is 12.5. The zero-order valence-corrected chi connectivity index (χ0v) is 15.6. The van der Waals surface area contributed by atoms with Crippen molar-refractivity contribution >= 4 is 28.5 Å². The molecule has 0 bridgehead atoms. The molecular weight excluding hydrogens is 358 g/mol. The number of hydrogen-bond acceptors (Lipinski definition) is 4. The van der Waals surface area contributed by atoms with Crippen LogP contribution in [0.15, 0.2) is 41.0 Å². The van der Waals surface area contributed by atoms with E-state index in [4.69, 9.17) is 14.3 Å². The van der Waals surface area contributed by atoms with Crippen LogP contribution >= 0.6 is 0 Å². The average molecular weight is 379 g/mol. The number of carbonyl (C=O) groups is 2. The highest BCUT2D eigenvalue weighted by Crippen LogP contribution is 2.31. The van der Waals surface area contributed by atoms with E-state index in [1.807, 2.05) is 6.92 Å². The van der Waals surface area contributed by atoms with Gasteiger partial charge in [-0.15, -0.1) is 0 Å². The quantitative estimate of drug-likeness (QED) is 0.679. The van der Waals surface area contributed by atoms with Crippen LogP contribution in [0.1, 0.15) is 28.7 Å². The van der Waals surface area contributed by atoms with Gasteiger partial charge in [-0.3, -0.25) is 4.79 Å². The van der Waals surface area contributed by atoms with E-state index in [0.29, 0.717) is 11.4 Å². The summed E-state index contributed by atoms with van der Waals surface area (Å²) < 4.78 is 10.8. The van der Waals surface area contributed by atoms with Crippen LogP contribution in [-0.4, -0.2) is 23.6 Å². The maximum atomic E-state index is 12.5. The molecule has 0 fully saturated rings. The van der Waals surface area contributed by atoms with Gasteiger partial charge >= 0.3 is 5.97 Å². The highest BCUT2D eigenvalue weighted by atomic mass is 16.5. The van der Waals surface area contributed by atoms with E-state index in [1.54, 1.807) is 24.5 Å². The highest BCUT2D eigenvalue weighted by molar-refractivity contribution is 5.96. The van der Waals surface area contributed by atoms with Gasteiger partial charge in [-0.1, -0.05) is 0 Å². The summed E-state index contributed by atoms with van der Waals surface area (Å²) in [5, 5.41) is 12.6. The Labute approximate surface area is 162 Å². The number of furan rings is 1. The second-order valence-corrected chi connectivity index (χ2v) is 7.12. The molecule has 1 aliphatic carbocycles. The topological polar surface area (TPSA) is 88.8 Å². The Bertz CT molecular complexity index is 1070. The standard InChI is InChI=1S/C22H21NO5/c1-13-7-17(27-12-22(25)26)5-6-19(13)23-21(24)10-16-11-28-20-9-15-4-2-3-14(15)8-18(16)20/h5-9,11H,2-4,10,12H2,1H3,(H,23,24)(H,25,26). The van der Waals surface area contributed by atoms with E-state index in [9.17, 15) is 9.59 Å². The minimum atomic E-state index is -1.03. The van der Waals surface area contributed by atoms with Crippen molar-refractivity contribution in [3.8, 4) is 5.75 Å². The molecule has 2 aromatic carbocycles. The first-order valence-electron chi connectivity index (χ1n) is 9.26. The van der Waals surface area contributed by atoms with Crippen molar-refractivity contribution in [2.45, 2.75) is 32.6 Å². The molecule has 0 unspecified atom stereocenters. The molecule has 1 heterocycles. The molecule has 0 atom stereocenters. The zero-order chi connectivity index (χ0) is 19.7. The Kier molecular flexibility index (Phi) is 4.77. The van der Waals surface area contributed by atoms with Gasteiger partial charge in [0.1, 0.15) is 11.3 Å². The lowest BCUT2D eigenvalue weighted by Gasteiger charge is -2.10. The molecule has 6 nitrogen and oxygen atoms in total. The van der Waals surface area contributed by atoms with Crippen molar-refractivity contribution in [3.63, 3.8) is 0 Å². The number of aryl methyl sites for hydroxylation is 3. The van der Waals surface area contributed by atoms with Gasteiger partial charge in [0.05, 0.1) is 12.7 Å². The molecule has 0 saturated heterocycles. The molecule has 0 saturated carbocycles. The van der Waals surface area contributed by atoms with E-state index < -0.39 is 12.6 Å². The summed E-state index contributed by atoms with van der Waals surface area (Å²) in [6.07, 6.45) is 5.23. The number of carbonyl (C=O) groups excluding carboxylic acids is 1. The first-order valence-corrected chi connectivity index (χ1v) is 9.26. The van der Waals surface area contributed by atoms with Gasteiger partial charge in [-0.25, -0.2) is 4.79 Å². The molecule has 6 heteroatoms. The minimum absolute atomic E-state index is 0.134. The van der Waals surface area contributed by atoms with Gasteiger partial charge in [0.15, 0.2) is 6.61 Å². The maximum Gasteiger partial charge on any atom is 0.341 e. The van der Waals surface area contributed by atoms with Gasteiger partial charge in [-0.05, 0) is 73.2 Å². The molecule has 4 rings (SSSR count). The Morgan fingerprint density at radius 3 is 2.71 bits per heavy atom. The lowest BCUT2D eigenvalue weighted by Crippen LogP contribution is -2.15. The van der Waals surface area contributed by atoms with E-state index in [1.165, 1.54) is 17.5 Å². The molecule has 0 spiro atoms. The predicted octanol–water partition coefficient (Wildman–Crippen LogP) is 3.87. The second-order valence-electron chi connectivity index (χ2n) is 7.12. The highest BCUT2D eigenvalue weighted by Gasteiger charge is 2.17. The van der Waals surface area contributed by atoms with E-state index >= 15 is 0 Å². The van der Waals surface area contributed by atoms with Crippen LogP contribution in [-0.2, 0) is 28.9 Å². The Balaban J connectivity index is 1.46. The number of rotatable bonds is 6. The van der Waals surface area contributed by atoms with E-state index in [-0.39, 0.29) is 12.3 Å². The Morgan fingerprint density at radius 2 is 1.96 bits per heavy atom. The van der Waals surface area contributed by atoms with Crippen molar-refractivity contribution in [2.24, 2.45) is 0 Å². The van der Waals surface area contributed by atoms with Crippen molar-refractivity contribution in [3.05, 3.63) is 58.8 Å². The predicted molar refractivity (Wildman–Crippen MR) is 105 cm³/mol. The van der Waals surface area contributed by atoms with Crippen LogP contribution in [0.2, 0.25) is 0 Å². The van der Waals surface area contributed by atoms with Gasteiger partial charge in [0.2, 0.25) is 5.91 Å². The van der Waals surface area contributed by atoms with Crippen LogP contribution in [0.4, 0.5) is 5.69 Å². The third-order valence-corrected chi connectivity index (χ3v) is 5.05. The van der Waals surface area contributed by atoms with Crippen LogP contribution in [0.25, 0.3) is 11.0 Å². The molecule has 1 aromatic heterocycles. The van der Waals surface area contributed by atoms with Crippen LogP contribution in [0, 0.1) is 6.92 Å². The van der Waals surface area contributed by atoms with Gasteiger partial charge in [-0.2, -0.15) is 0 Å². The molecule has 1 aliphatic rings. The summed E-state index contributed by atoms with van der Waals surface area (Å²) in [4.78, 5) is 23.1. The molecule has 144 valence electrons. The number of anilines is 1. The molecule has 0 radical (unpaired) electrons. The minimum Gasteiger partial charge on any atom is -0.482 e. The number of amides is 1. The van der Waals surface area contributed by atoms with Crippen molar-refractivity contribution in [1.29, 1.82) is 0 Å². The zero-order valence-electron chi connectivity index (χ0n) is 15.6. The lowest BCUT2D eigenvalue weighted by atomic mass is 10.0. The number of hydrogen-bond donors (Lipinski definition) is 2. The number of ether oxygens (including phenoxy) is 1. The summed E-state index contributed by atoms with van der Waals surface area (Å²) in [6.45, 7) is 1.43. The van der Waals surface area contributed by atoms with Crippen LogP contribution < -0.4 is 10.1 Å². The number of carboxylic acids is 1. The van der Waals surface area contributed by atoms with Crippen molar-refractivity contribution in [2.75, 3.05) is 11.9 Å². The van der Waals surface area contributed by atoms with Crippen LogP contribution in [0.5, 0.6) is 5.75 Å². The number of aliphatic carboxylic acids is 1. The lowest BCUT2D eigenvalue weighted by molar-refractivity contribution is -0.139. The van der Waals surface area contributed by atoms with E-state index in [2.05, 4.69) is 17.4 Å². The SMILES string of the molecule is Cc1cc(OCC(=O)O)ccc1NC(=O)Cc1coc2cc3c(cc12)CCC3. The van der Waals surface area contributed by atoms with Crippen molar-refractivity contribution in [1.82, 2.24) is 0 Å². The monoisotopic (exact) mass is 379 g/mol. The number of benzene rings is 2. The molecule has 28 heavy (non-hydrogen) atoms. The molecular formula is C22H21NO5. The number of nitrogens with one attached hydrogen (secondary N) is 1. The number of carboxylic acid groups (broad SMARTS) is 1. The fourth-order valence-electron chi connectivity index (χ4n) is 3.66. The Hall–Kier alpha value is -3.28. The fourth-order valence-corrected chi connectivity index (χ4v) is 3.66. The summed E-state index contributed by atoms with van der Waals surface area (Å²) in [5.74, 6) is -0.717. The van der Waals surface area contributed by atoms with Crippen molar-refractivity contribution < 1.29 is 23.8 Å². The van der Waals surface area contributed by atoms with Crippen LogP contribution in [0.3, 0.4) is 0 Å². The fraction of sp³-hybridized carbons (Fsp3) is 0.273. The smallest absolute Gasteiger partial charge is 0.341 e. The Morgan fingerprint density at radius 1 is 1.18 bits per heavy atom. The van der Waals surface area contributed by atoms with Gasteiger partial charge in [0.25, 0.3) is 0 Å². The summed E-state index contributed by atoms with van der Waals surface area (Å²) in [5.41, 5.74) is 5.87. The first-order chi connectivity index (χ1) is 13.5.